The van der Waals surface area contributed by atoms with E-state index in [0.717, 1.165) is 56.5 Å². The first-order chi connectivity index (χ1) is 13.5. The Labute approximate surface area is 167 Å². The molecule has 7 nitrogen and oxygen atoms in total. The zero-order valence-corrected chi connectivity index (χ0v) is 17.1. The number of nitrogens with one attached hydrogen (secondary N) is 1. The molecule has 1 fully saturated rings. The van der Waals surface area contributed by atoms with Crippen LogP contribution in [-0.4, -0.2) is 71.6 Å². The Morgan fingerprint density at radius 2 is 1.79 bits per heavy atom. The van der Waals surface area contributed by atoms with E-state index < -0.39 is 0 Å². The second-order valence-electron chi connectivity index (χ2n) is 7.53. The van der Waals surface area contributed by atoms with E-state index in [2.05, 4.69) is 44.7 Å². The van der Waals surface area contributed by atoms with Gasteiger partial charge in [-0.15, -0.1) is 0 Å². The zero-order valence-electron chi connectivity index (χ0n) is 17.1. The van der Waals surface area contributed by atoms with Crippen molar-refractivity contribution in [3.63, 3.8) is 0 Å². The molecule has 152 valence electrons. The number of methoxy groups -OCH3 is 1. The molecule has 7 heteroatoms. The van der Waals surface area contributed by atoms with Gasteiger partial charge in [0.2, 0.25) is 5.91 Å². The number of aromatic nitrogens is 2. The largest absolute Gasteiger partial charge is 0.497 e. The SMILES string of the molecule is COc1ccc(NC(=O)CN2CCN(CCn3ccnc3C(C)C)CC2)cc1. The van der Waals surface area contributed by atoms with Crippen LogP contribution in [-0.2, 0) is 11.3 Å². The van der Waals surface area contributed by atoms with Crippen molar-refractivity contribution in [2.24, 2.45) is 0 Å². The van der Waals surface area contributed by atoms with E-state index in [-0.39, 0.29) is 5.91 Å². The van der Waals surface area contributed by atoms with Gasteiger partial charge in [0, 0.05) is 63.3 Å². The van der Waals surface area contributed by atoms with Crippen molar-refractivity contribution in [3.05, 3.63) is 42.5 Å². The molecule has 0 unspecified atom stereocenters. The van der Waals surface area contributed by atoms with Gasteiger partial charge in [-0.3, -0.25) is 14.6 Å². The highest BCUT2D eigenvalue weighted by Gasteiger charge is 2.19. The summed E-state index contributed by atoms with van der Waals surface area (Å²) in [5, 5.41) is 2.95. The molecule has 1 aromatic heterocycles. The van der Waals surface area contributed by atoms with E-state index in [1.54, 1.807) is 7.11 Å². The predicted octanol–water partition coefficient (Wildman–Crippen LogP) is 2.27. The number of anilines is 1. The minimum absolute atomic E-state index is 0.0265. The average Bonchev–Trinajstić information content (AvgIpc) is 3.17. The molecule has 0 aliphatic carbocycles. The van der Waals surface area contributed by atoms with Crippen molar-refractivity contribution in [2.75, 3.05) is 51.7 Å². The molecule has 2 heterocycles. The maximum Gasteiger partial charge on any atom is 0.238 e. The van der Waals surface area contributed by atoms with Crippen molar-refractivity contribution < 1.29 is 9.53 Å². The fraction of sp³-hybridized carbons (Fsp3) is 0.524. The third kappa shape index (κ3) is 5.56. The molecule has 1 saturated heterocycles. The maximum absolute atomic E-state index is 12.3. The molecule has 1 N–H and O–H groups in total. The molecule has 0 saturated carbocycles. The molecule has 28 heavy (non-hydrogen) atoms. The quantitative estimate of drug-likeness (QED) is 0.755. The van der Waals surface area contributed by atoms with E-state index in [9.17, 15) is 4.79 Å². The van der Waals surface area contributed by atoms with Crippen molar-refractivity contribution in [1.29, 1.82) is 0 Å². The highest BCUT2D eigenvalue weighted by atomic mass is 16.5. The summed E-state index contributed by atoms with van der Waals surface area (Å²) in [4.78, 5) is 21.4. The highest BCUT2D eigenvalue weighted by Crippen LogP contribution is 2.15. The summed E-state index contributed by atoms with van der Waals surface area (Å²) >= 11 is 0. The van der Waals surface area contributed by atoms with Gasteiger partial charge in [-0.05, 0) is 24.3 Å². The molecule has 1 amide bonds. The number of piperazine rings is 1. The monoisotopic (exact) mass is 385 g/mol. The van der Waals surface area contributed by atoms with Crippen molar-refractivity contribution in [1.82, 2.24) is 19.4 Å². The van der Waals surface area contributed by atoms with Crippen LogP contribution < -0.4 is 10.1 Å². The number of ether oxygens (including phenoxy) is 1. The first-order valence-corrected chi connectivity index (χ1v) is 9.95. The van der Waals surface area contributed by atoms with Crippen LogP contribution in [0.1, 0.15) is 25.6 Å². The van der Waals surface area contributed by atoms with Crippen LogP contribution in [0.2, 0.25) is 0 Å². The third-order valence-corrected chi connectivity index (χ3v) is 5.13. The fourth-order valence-electron chi connectivity index (χ4n) is 3.51. The molecule has 3 rings (SSSR count). The summed E-state index contributed by atoms with van der Waals surface area (Å²) in [6, 6.07) is 7.41. The number of carbonyl (C=O) groups is 1. The Morgan fingerprint density at radius 3 is 2.43 bits per heavy atom. The maximum atomic E-state index is 12.3. The standard InChI is InChI=1S/C21H31N5O2/c1-17(2)21-22-8-9-26(21)15-14-24-10-12-25(13-11-24)16-20(27)23-18-4-6-19(28-3)7-5-18/h4-9,17H,10-16H2,1-3H3,(H,23,27). The number of rotatable bonds is 8. The number of nitrogens with zero attached hydrogens (tertiary/aromatic N) is 4. The van der Waals surface area contributed by atoms with E-state index in [4.69, 9.17) is 4.74 Å². The number of hydrogen-bond acceptors (Lipinski definition) is 5. The van der Waals surface area contributed by atoms with Gasteiger partial charge >= 0.3 is 0 Å². The van der Waals surface area contributed by atoms with E-state index >= 15 is 0 Å². The predicted molar refractivity (Wildman–Crippen MR) is 111 cm³/mol. The Hall–Kier alpha value is -2.38. The van der Waals surface area contributed by atoms with Crippen LogP contribution in [0.25, 0.3) is 0 Å². The van der Waals surface area contributed by atoms with E-state index in [1.807, 2.05) is 30.5 Å². The van der Waals surface area contributed by atoms with Crippen LogP contribution in [0.15, 0.2) is 36.7 Å². The summed E-state index contributed by atoms with van der Waals surface area (Å²) in [5.74, 6) is 2.40. The summed E-state index contributed by atoms with van der Waals surface area (Å²) in [6.45, 7) is 10.6. The number of carbonyl (C=O) groups excluding carboxylic acids is 1. The van der Waals surface area contributed by atoms with Gasteiger partial charge in [-0.1, -0.05) is 13.8 Å². The number of amides is 1. The Morgan fingerprint density at radius 1 is 1.11 bits per heavy atom. The van der Waals surface area contributed by atoms with Crippen molar-refractivity contribution >= 4 is 11.6 Å². The zero-order chi connectivity index (χ0) is 19.9. The van der Waals surface area contributed by atoms with Crippen LogP contribution >= 0.6 is 0 Å². The number of benzene rings is 1. The summed E-state index contributed by atoms with van der Waals surface area (Å²) in [5.41, 5.74) is 0.797. The Balaban J connectivity index is 1.38. The summed E-state index contributed by atoms with van der Waals surface area (Å²) in [6.07, 6.45) is 3.95. The topological polar surface area (TPSA) is 62.6 Å². The fourth-order valence-corrected chi connectivity index (χ4v) is 3.51. The molecule has 0 bridgehead atoms. The van der Waals surface area contributed by atoms with Crippen LogP contribution in [0.3, 0.4) is 0 Å². The highest BCUT2D eigenvalue weighted by molar-refractivity contribution is 5.92. The molecule has 0 spiro atoms. The molecular formula is C21H31N5O2. The Kier molecular flexibility index (Phi) is 7.06. The molecule has 2 aromatic rings. The third-order valence-electron chi connectivity index (χ3n) is 5.13. The molecule has 0 radical (unpaired) electrons. The lowest BCUT2D eigenvalue weighted by molar-refractivity contribution is -0.117. The van der Waals surface area contributed by atoms with Crippen molar-refractivity contribution in [3.8, 4) is 5.75 Å². The number of imidazole rings is 1. The van der Waals surface area contributed by atoms with E-state index in [0.29, 0.717) is 12.5 Å². The molecule has 1 aliphatic rings. The van der Waals surface area contributed by atoms with Crippen LogP contribution in [0.4, 0.5) is 5.69 Å². The second-order valence-corrected chi connectivity index (χ2v) is 7.53. The van der Waals surface area contributed by atoms with Gasteiger partial charge in [-0.25, -0.2) is 4.98 Å². The lowest BCUT2D eigenvalue weighted by Gasteiger charge is -2.34. The second kappa shape index (κ2) is 9.71. The first kappa shape index (κ1) is 20.4. The first-order valence-electron chi connectivity index (χ1n) is 9.95. The minimum Gasteiger partial charge on any atom is -0.497 e. The van der Waals surface area contributed by atoms with Gasteiger partial charge in [0.05, 0.1) is 13.7 Å². The average molecular weight is 386 g/mol. The van der Waals surface area contributed by atoms with Gasteiger partial charge in [0.1, 0.15) is 11.6 Å². The summed E-state index contributed by atoms with van der Waals surface area (Å²) < 4.78 is 7.39. The van der Waals surface area contributed by atoms with Crippen LogP contribution in [0, 0.1) is 0 Å². The summed E-state index contributed by atoms with van der Waals surface area (Å²) in [7, 11) is 1.63. The van der Waals surface area contributed by atoms with Gasteiger partial charge in [0.15, 0.2) is 0 Å². The molecular weight excluding hydrogens is 354 g/mol. The number of hydrogen-bond donors (Lipinski definition) is 1. The normalized spacial score (nSPS) is 15.7. The minimum atomic E-state index is 0.0265. The molecule has 0 atom stereocenters. The molecule has 1 aliphatic heterocycles. The van der Waals surface area contributed by atoms with Crippen molar-refractivity contribution in [2.45, 2.75) is 26.3 Å². The Bertz CT molecular complexity index is 748. The van der Waals surface area contributed by atoms with Crippen LogP contribution in [0.5, 0.6) is 5.75 Å². The van der Waals surface area contributed by atoms with Gasteiger partial charge < -0.3 is 14.6 Å². The molecule has 1 aromatic carbocycles. The van der Waals surface area contributed by atoms with E-state index in [1.165, 1.54) is 0 Å². The smallest absolute Gasteiger partial charge is 0.238 e. The lowest BCUT2D eigenvalue weighted by Crippen LogP contribution is -2.49. The lowest BCUT2D eigenvalue weighted by atomic mass is 10.2. The van der Waals surface area contributed by atoms with Gasteiger partial charge in [-0.2, -0.15) is 0 Å². The van der Waals surface area contributed by atoms with Gasteiger partial charge in [0.25, 0.3) is 0 Å².